The molecule has 1 fully saturated rings. The van der Waals surface area contributed by atoms with Gasteiger partial charge in [-0.2, -0.15) is 0 Å². The Morgan fingerprint density at radius 1 is 0.615 bits per heavy atom. The molecule has 0 radical (unpaired) electrons. The van der Waals surface area contributed by atoms with Gasteiger partial charge in [-0.3, -0.25) is 14.7 Å². The molecule has 0 unspecified atom stereocenters. The summed E-state index contributed by atoms with van der Waals surface area (Å²) in [5, 5.41) is 0. The van der Waals surface area contributed by atoms with Crippen molar-refractivity contribution in [2.75, 3.05) is 41.1 Å². The maximum absolute atomic E-state index is 2.28. The molecular weight excluding hydrogens is 272 g/mol. The summed E-state index contributed by atoms with van der Waals surface area (Å²) >= 11 is 0. The van der Waals surface area contributed by atoms with Crippen molar-refractivity contribution in [1.82, 2.24) is 14.7 Å². The summed E-state index contributed by atoms with van der Waals surface area (Å²) in [4.78, 5) is 6.84. The fourth-order valence-electron chi connectivity index (χ4n) is 1.37. The number of rotatable bonds is 0. The van der Waals surface area contributed by atoms with Crippen LogP contribution in [0.4, 0.5) is 0 Å². The van der Waals surface area contributed by atoms with E-state index < -0.39 is 0 Å². The van der Waals surface area contributed by atoms with Crippen molar-refractivity contribution < 1.29 is 54.6 Å². The zero-order chi connectivity index (χ0) is 6.85. The third-order valence-electron chi connectivity index (χ3n) is 1.45. The molecule has 0 aromatic heterocycles. The fourth-order valence-corrected chi connectivity index (χ4v) is 1.37. The zero-order valence-corrected chi connectivity index (χ0v) is 11.5. The third kappa shape index (κ3) is 9.58. The van der Waals surface area contributed by atoms with Crippen LogP contribution in [0, 0.1) is 0 Å². The summed E-state index contributed by atoms with van der Waals surface area (Å²) in [6, 6.07) is 0. The Labute approximate surface area is 110 Å². The van der Waals surface area contributed by atoms with Crippen molar-refractivity contribution in [3.05, 3.63) is 0 Å². The molecule has 7 heteroatoms. The van der Waals surface area contributed by atoms with E-state index in [0.717, 1.165) is 20.0 Å². The number of hydrogen-bond acceptors (Lipinski definition) is 3. The van der Waals surface area contributed by atoms with E-state index >= 15 is 0 Å². The van der Waals surface area contributed by atoms with E-state index in [4.69, 9.17) is 0 Å². The number of halogens is 3. The van der Waals surface area contributed by atoms with Crippen LogP contribution in [0.5, 0.6) is 0 Å². The summed E-state index contributed by atoms with van der Waals surface area (Å²) in [5.41, 5.74) is 0. The Kier molecular flexibility index (Phi) is 20.8. The molecule has 1 aliphatic heterocycles. The van der Waals surface area contributed by atoms with Crippen LogP contribution in [-0.2, 0) is 17.4 Å². The van der Waals surface area contributed by atoms with Gasteiger partial charge in [0.25, 0.3) is 0 Å². The first kappa shape index (κ1) is 23.8. The zero-order valence-electron chi connectivity index (χ0n) is 8.01. The second kappa shape index (κ2) is 11.4. The first-order valence-electron chi connectivity index (χ1n) is 3.24. The smallest absolute Gasteiger partial charge is 0.0523 e. The largest absolute Gasteiger partial charge is 1.00 e. The minimum absolute atomic E-state index is 0. The Hall–Kier alpha value is 1.28. The molecule has 3 nitrogen and oxygen atoms in total. The van der Waals surface area contributed by atoms with Gasteiger partial charge in [-0.25, -0.2) is 0 Å². The second-order valence-electron chi connectivity index (χ2n) is 2.99. The minimum Gasteiger partial charge on any atom is -1.00 e. The van der Waals surface area contributed by atoms with Gasteiger partial charge in [-0.15, -0.1) is 0 Å². The van der Waals surface area contributed by atoms with Crippen LogP contribution in [0.2, 0.25) is 0 Å². The van der Waals surface area contributed by atoms with Crippen molar-refractivity contribution in [3.8, 4) is 0 Å². The van der Waals surface area contributed by atoms with Crippen LogP contribution in [0.25, 0.3) is 0 Å². The van der Waals surface area contributed by atoms with E-state index in [1.807, 2.05) is 0 Å². The SMILES string of the molecule is CN1CN(C)CN(C)C1.[Cl-].[Cl-].[Cl-].[Cr]. The van der Waals surface area contributed by atoms with Gasteiger partial charge in [0.2, 0.25) is 0 Å². The standard InChI is InChI=1S/C6H15N3.3ClH.Cr/c1-7-4-8(2)6-9(3)5-7;;;;/h4-6H2,1-3H3;3*1H;/p-3. The topological polar surface area (TPSA) is 9.72 Å². The van der Waals surface area contributed by atoms with Crippen molar-refractivity contribution in [2.45, 2.75) is 0 Å². The van der Waals surface area contributed by atoms with Gasteiger partial charge in [0.05, 0.1) is 20.0 Å². The Morgan fingerprint density at radius 3 is 0.923 bits per heavy atom. The molecule has 0 aromatic carbocycles. The molecule has 13 heavy (non-hydrogen) atoms. The minimum atomic E-state index is 0. The molecule has 1 heterocycles. The first-order valence-corrected chi connectivity index (χ1v) is 3.24. The van der Waals surface area contributed by atoms with Gasteiger partial charge >= 0.3 is 0 Å². The van der Waals surface area contributed by atoms with E-state index in [1.165, 1.54) is 0 Å². The third-order valence-corrected chi connectivity index (χ3v) is 1.45. The summed E-state index contributed by atoms with van der Waals surface area (Å²) in [5.74, 6) is 0. The molecule has 1 rings (SSSR count). The molecule has 0 spiro atoms. The van der Waals surface area contributed by atoms with Gasteiger partial charge in [0.15, 0.2) is 0 Å². The van der Waals surface area contributed by atoms with E-state index in [2.05, 4.69) is 35.8 Å². The van der Waals surface area contributed by atoms with Crippen LogP contribution >= 0.6 is 0 Å². The average molecular weight is 288 g/mol. The van der Waals surface area contributed by atoms with Gasteiger partial charge in [-0.1, -0.05) is 0 Å². The van der Waals surface area contributed by atoms with E-state index in [0.29, 0.717) is 0 Å². The molecule has 0 saturated carbocycles. The van der Waals surface area contributed by atoms with E-state index in [9.17, 15) is 0 Å². The van der Waals surface area contributed by atoms with Gasteiger partial charge < -0.3 is 37.2 Å². The van der Waals surface area contributed by atoms with Crippen LogP contribution in [0.3, 0.4) is 0 Å². The Bertz CT molecular complexity index is 84.1. The molecule has 84 valence electrons. The predicted molar refractivity (Wildman–Crippen MR) is 37.9 cm³/mol. The summed E-state index contributed by atoms with van der Waals surface area (Å²) in [6.45, 7) is 3.26. The quantitative estimate of drug-likeness (QED) is 0.438. The molecular formula is C6H15Cl3CrN3-3. The Morgan fingerprint density at radius 2 is 0.769 bits per heavy atom. The maximum Gasteiger partial charge on any atom is 0.0523 e. The first-order chi connectivity index (χ1) is 4.18. The fraction of sp³-hybridized carbons (Fsp3) is 1.00. The van der Waals surface area contributed by atoms with Crippen LogP contribution in [0.1, 0.15) is 0 Å². The molecule has 1 aliphatic rings. The van der Waals surface area contributed by atoms with Crippen LogP contribution in [-0.4, -0.2) is 55.8 Å². The number of hydrogen-bond donors (Lipinski definition) is 0. The summed E-state index contributed by atoms with van der Waals surface area (Å²) < 4.78 is 0. The summed E-state index contributed by atoms with van der Waals surface area (Å²) in [6.07, 6.45) is 0. The van der Waals surface area contributed by atoms with Gasteiger partial charge in [0, 0.05) is 17.4 Å². The van der Waals surface area contributed by atoms with Crippen LogP contribution in [0.15, 0.2) is 0 Å². The molecule has 0 aliphatic carbocycles. The normalized spacial score (nSPS) is 18.7. The predicted octanol–water partition coefficient (Wildman–Crippen LogP) is -9.32. The van der Waals surface area contributed by atoms with Gasteiger partial charge in [0.1, 0.15) is 0 Å². The molecule has 0 N–H and O–H groups in total. The van der Waals surface area contributed by atoms with E-state index in [1.54, 1.807) is 0 Å². The number of nitrogens with zero attached hydrogens (tertiary/aromatic N) is 3. The monoisotopic (exact) mass is 286 g/mol. The maximum atomic E-state index is 2.28. The van der Waals surface area contributed by atoms with Gasteiger partial charge in [-0.05, 0) is 21.1 Å². The van der Waals surface area contributed by atoms with Crippen molar-refractivity contribution in [2.24, 2.45) is 0 Å². The molecule has 0 amide bonds. The molecule has 1 saturated heterocycles. The second-order valence-corrected chi connectivity index (χ2v) is 2.99. The van der Waals surface area contributed by atoms with Crippen molar-refractivity contribution in [1.29, 1.82) is 0 Å². The molecule has 0 atom stereocenters. The van der Waals surface area contributed by atoms with Crippen LogP contribution < -0.4 is 37.2 Å². The van der Waals surface area contributed by atoms with Crippen molar-refractivity contribution >= 4 is 0 Å². The van der Waals surface area contributed by atoms with E-state index in [-0.39, 0.29) is 54.6 Å². The molecule has 0 aromatic rings. The van der Waals surface area contributed by atoms with Crippen molar-refractivity contribution in [3.63, 3.8) is 0 Å². The summed E-state index contributed by atoms with van der Waals surface area (Å²) in [7, 11) is 6.39. The average Bonchev–Trinajstić information content (AvgIpc) is 1.59. The molecule has 0 bridgehead atoms. The Balaban J connectivity index is -0.000000101.